The Morgan fingerprint density at radius 2 is 1.66 bits per heavy atom. The first-order valence-corrected chi connectivity index (χ1v) is 12.7. The van der Waals surface area contributed by atoms with Crippen LogP contribution in [-0.4, -0.2) is 37.9 Å². The van der Waals surface area contributed by atoms with E-state index in [0.717, 1.165) is 20.1 Å². The highest BCUT2D eigenvalue weighted by Crippen LogP contribution is 2.19. The molecular weight excluding hydrogens is 558 g/mol. The van der Waals surface area contributed by atoms with Crippen molar-refractivity contribution in [1.29, 1.82) is 0 Å². The molecule has 0 saturated heterocycles. The van der Waals surface area contributed by atoms with Crippen molar-refractivity contribution in [1.82, 2.24) is 9.73 Å². The van der Waals surface area contributed by atoms with Gasteiger partial charge in [-0.15, -0.1) is 0 Å². The third-order valence-electron chi connectivity index (χ3n) is 4.52. The Labute approximate surface area is 204 Å². The van der Waals surface area contributed by atoms with Gasteiger partial charge in [-0.25, -0.2) is 13.8 Å². The number of carbonyl (C=O) groups excluding carboxylic acids is 1. The summed E-state index contributed by atoms with van der Waals surface area (Å²) >= 11 is 6.69. The van der Waals surface area contributed by atoms with Crippen molar-refractivity contribution in [3.63, 3.8) is 0 Å². The van der Waals surface area contributed by atoms with Crippen LogP contribution < -0.4 is 5.43 Å². The number of amides is 1. The summed E-state index contributed by atoms with van der Waals surface area (Å²) in [6.07, 6.45) is 1.98. The van der Waals surface area contributed by atoms with Crippen molar-refractivity contribution in [2.24, 2.45) is 5.10 Å². The minimum Gasteiger partial charge on any atom is -0.272 e. The predicted octanol–water partition coefficient (Wildman–Crippen LogP) is 4.60. The molecule has 0 aromatic heterocycles. The summed E-state index contributed by atoms with van der Waals surface area (Å²) in [5, 5.41) is 3.95. The van der Waals surface area contributed by atoms with Crippen LogP contribution in [0.2, 0.25) is 0 Å². The number of carbonyl (C=O) groups is 1. The Kier molecular flexibility index (Phi) is 8.75. The summed E-state index contributed by atoms with van der Waals surface area (Å²) in [5.41, 5.74) is 4.19. The Morgan fingerprint density at radius 1 is 0.938 bits per heavy atom. The Hall–Kier alpha value is -2.33. The highest BCUT2D eigenvalue weighted by molar-refractivity contribution is 9.10. The van der Waals surface area contributed by atoms with Crippen LogP contribution in [0.15, 0.2) is 97.8 Å². The number of hydrazone groups is 1. The molecule has 0 heterocycles. The first-order valence-electron chi connectivity index (χ1n) is 9.72. The number of nitrogens with one attached hydrogen (secondary N) is 1. The summed E-state index contributed by atoms with van der Waals surface area (Å²) in [7, 11) is -3.87. The molecule has 0 aliphatic carbocycles. The lowest BCUT2D eigenvalue weighted by Gasteiger charge is -2.21. The van der Waals surface area contributed by atoms with Crippen LogP contribution in [0.25, 0.3) is 0 Å². The van der Waals surface area contributed by atoms with E-state index in [2.05, 4.69) is 42.4 Å². The van der Waals surface area contributed by atoms with E-state index < -0.39 is 15.9 Å². The van der Waals surface area contributed by atoms with E-state index >= 15 is 0 Å². The monoisotopic (exact) mass is 577 g/mol. The van der Waals surface area contributed by atoms with Gasteiger partial charge < -0.3 is 0 Å². The van der Waals surface area contributed by atoms with Crippen LogP contribution in [0.4, 0.5) is 0 Å². The molecule has 1 amide bonds. The Morgan fingerprint density at radius 3 is 2.34 bits per heavy atom. The molecule has 3 aromatic carbocycles. The SMILES string of the molecule is O=C(CN(CCc1ccccc1)S(=O)(=O)c1ccc(Br)cc1)NN=Cc1cccc(Br)c1. The molecule has 0 saturated carbocycles. The lowest BCUT2D eigenvalue weighted by atomic mass is 10.1. The van der Waals surface area contributed by atoms with E-state index in [4.69, 9.17) is 0 Å². The molecule has 9 heteroatoms. The highest BCUT2D eigenvalue weighted by Gasteiger charge is 2.26. The molecule has 0 bridgehead atoms. The number of halogens is 2. The van der Waals surface area contributed by atoms with Crippen molar-refractivity contribution in [2.75, 3.05) is 13.1 Å². The van der Waals surface area contributed by atoms with Crippen LogP contribution in [-0.2, 0) is 21.2 Å². The number of hydrogen-bond acceptors (Lipinski definition) is 4. The van der Waals surface area contributed by atoms with Crippen LogP contribution in [0, 0.1) is 0 Å². The smallest absolute Gasteiger partial charge is 0.255 e. The van der Waals surface area contributed by atoms with E-state index in [1.165, 1.54) is 22.7 Å². The molecule has 6 nitrogen and oxygen atoms in total. The Bertz CT molecular complexity index is 1180. The van der Waals surface area contributed by atoms with E-state index in [-0.39, 0.29) is 18.0 Å². The van der Waals surface area contributed by atoms with Gasteiger partial charge in [-0.2, -0.15) is 9.41 Å². The van der Waals surface area contributed by atoms with Gasteiger partial charge in [0.25, 0.3) is 5.91 Å². The van der Waals surface area contributed by atoms with Gasteiger partial charge in [0.2, 0.25) is 10.0 Å². The number of hydrogen-bond donors (Lipinski definition) is 1. The summed E-state index contributed by atoms with van der Waals surface area (Å²) in [5.74, 6) is -0.523. The standard InChI is InChI=1S/C23H21Br2N3O3S/c24-20-9-11-22(12-10-20)32(30,31)28(14-13-18-5-2-1-3-6-18)17-23(29)27-26-16-19-7-4-8-21(25)15-19/h1-12,15-16H,13-14,17H2,(H,27,29). The maximum Gasteiger partial charge on any atom is 0.255 e. The molecule has 0 aliphatic heterocycles. The predicted molar refractivity (Wildman–Crippen MR) is 133 cm³/mol. The van der Waals surface area contributed by atoms with E-state index in [1.54, 1.807) is 12.1 Å². The minimum atomic E-state index is -3.87. The second-order valence-corrected chi connectivity index (χ2v) is 10.6. The van der Waals surface area contributed by atoms with Gasteiger partial charge in [0.15, 0.2) is 0 Å². The molecule has 0 radical (unpaired) electrons. The van der Waals surface area contributed by atoms with Crippen LogP contribution in [0.1, 0.15) is 11.1 Å². The topological polar surface area (TPSA) is 78.8 Å². The quantitative estimate of drug-likeness (QED) is 0.298. The molecule has 0 spiro atoms. The average Bonchev–Trinajstić information content (AvgIpc) is 2.77. The zero-order valence-corrected chi connectivity index (χ0v) is 21.0. The highest BCUT2D eigenvalue weighted by atomic mass is 79.9. The molecule has 166 valence electrons. The summed E-state index contributed by atoms with van der Waals surface area (Å²) < 4.78 is 29.3. The first kappa shape index (κ1) is 24.3. The fourth-order valence-corrected chi connectivity index (χ4v) is 4.98. The molecule has 0 unspecified atom stereocenters. The van der Waals surface area contributed by atoms with Crippen molar-refractivity contribution in [3.05, 3.63) is 98.9 Å². The molecular formula is C23H21Br2N3O3S. The maximum absolute atomic E-state index is 13.2. The fourth-order valence-electron chi connectivity index (χ4n) is 2.90. The third kappa shape index (κ3) is 7.09. The van der Waals surface area contributed by atoms with Crippen LogP contribution >= 0.6 is 31.9 Å². The molecule has 0 fully saturated rings. The zero-order valence-electron chi connectivity index (χ0n) is 17.0. The summed E-state index contributed by atoms with van der Waals surface area (Å²) in [6, 6.07) is 23.3. The van der Waals surface area contributed by atoms with Gasteiger partial charge in [0, 0.05) is 15.5 Å². The Balaban J connectivity index is 1.73. The number of nitrogens with zero attached hydrogens (tertiary/aromatic N) is 2. The second-order valence-electron chi connectivity index (χ2n) is 6.88. The summed E-state index contributed by atoms with van der Waals surface area (Å²) in [4.78, 5) is 12.6. The van der Waals surface area contributed by atoms with Crippen LogP contribution in [0.5, 0.6) is 0 Å². The van der Waals surface area contributed by atoms with Crippen molar-refractivity contribution in [3.8, 4) is 0 Å². The lowest BCUT2D eigenvalue weighted by Crippen LogP contribution is -2.40. The maximum atomic E-state index is 13.2. The molecule has 1 N–H and O–H groups in total. The zero-order chi connectivity index (χ0) is 23.0. The summed E-state index contributed by atoms with van der Waals surface area (Å²) in [6.45, 7) is -0.188. The van der Waals surface area contributed by atoms with Crippen molar-refractivity contribution in [2.45, 2.75) is 11.3 Å². The fraction of sp³-hybridized carbons (Fsp3) is 0.130. The molecule has 0 aliphatic rings. The van der Waals surface area contributed by atoms with E-state index in [0.29, 0.717) is 6.42 Å². The van der Waals surface area contributed by atoms with E-state index in [1.807, 2.05) is 54.6 Å². The van der Waals surface area contributed by atoms with Gasteiger partial charge in [-0.1, -0.05) is 74.3 Å². The molecule has 3 aromatic rings. The molecule has 3 rings (SSSR count). The third-order valence-corrected chi connectivity index (χ3v) is 7.40. The minimum absolute atomic E-state index is 0.124. The molecule has 32 heavy (non-hydrogen) atoms. The van der Waals surface area contributed by atoms with E-state index in [9.17, 15) is 13.2 Å². The van der Waals surface area contributed by atoms with Gasteiger partial charge in [0.1, 0.15) is 0 Å². The largest absolute Gasteiger partial charge is 0.272 e. The normalized spacial score (nSPS) is 11.7. The van der Waals surface area contributed by atoms with Gasteiger partial charge in [-0.05, 0) is 53.9 Å². The van der Waals surface area contributed by atoms with Gasteiger partial charge >= 0.3 is 0 Å². The number of benzene rings is 3. The number of rotatable bonds is 9. The van der Waals surface area contributed by atoms with Crippen LogP contribution in [0.3, 0.4) is 0 Å². The number of sulfonamides is 1. The van der Waals surface area contributed by atoms with Gasteiger partial charge in [-0.3, -0.25) is 4.79 Å². The van der Waals surface area contributed by atoms with Crippen molar-refractivity contribution >= 4 is 54.0 Å². The average molecular weight is 579 g/mol. The van der Waals surface area contributed by atoms with Gasteiger partial charge in [0.05, 0.1) is 17.7 Å². The van der Waals surface area contributed by atoms with Crippen molar-refractivity contribution < 1.29 is 13.2 Å². The first-order chi connectivity index (χ1) is 15.3. The lowest BCUT2D eigenvalue weighted by molar-refractivity contribution is -0.121. The molecule has 0 atom stereocenters. The second kappa shape index (κ2) is 11.5.